The Bertz CT molecular complexity index is 173. The van der Waals surface area contributed by atoms with Crippen LogP contribution in [-0.2, 0) is 4.79 Å². The molecule has 0 fully saturated rings. The van der Waals surface area contributed by atoms with Crippen LogP contribution in [0, 0.1) is 0 Å². The molecule has 0 amide bonds. The van der Waals surface area contributed by atoms with Gasteiger partial charge in [0.05, 0.1) is 0 Å². The minimum Gasteiger partial charge on any atom is -0.383 e. The first-order valence-corrected chi connectivity index (χ1v) is 3.75. The van der Waals surface area contributed by atoms with Crippen LogP contribution in [0.3, 0.4) is 0 Å². The number of carbonyl (C=O) groups excluding carboxylic acids is 1. The first-order valence-electron chi connectivity index (χ1n) is 3.75. The Balaban J connectivity index is 3.90. The van der Waals surface area contributed by atoms with Gasteiger partial charge in [0, 0.05) is 52.7 Å². The number of hydrogen-bond donors (Lipinski definition) is 0. The summed E-state index contributed by atoms with van der Waals surface area (Å²) in [6, 6.07) is 0. The minimum absolute atomic E-state index is 0.00241. The van der Waals surface area contributed by atoms with Gasteiger partial charge >= 0.3 is 0 Å². The smallest absolute Gasteiger partial charge is 0.181 e. The normalized spacial score (nSPS) is 11.0. The summed E-state index contributed by atoms with van der Waals surface area (Å²) < 4.78 is 0. The van der Waals surface area contributed by atoms with E-state index in [1.165, 1.54) is 12.2 Å². The highest BCUT2D eigenvalue weighted by Gasteiger charge is 1.87. The van der Waals surface area contributed by atoms with Crippen molar-refractivity contribution in [2.75, 3.05) is 28.2 Å². The Hall–Kier alpha value is -1.25. The van der Waals surface area contributed by atoms with Gasteiger partial charge in [-0.1, -0.05) is 0 Å². The van der Waals surface area contributed by atoms with E-state index in [2.05, 4.69) is 0 Å². The molecule has 0 aromatic heterocycles. The van der Waals surface area contributed by atoms with E-state index < -0.39 is 0 Å². The number of ketones is 1. The van der Waals surface area contributed by atoms with E-state index in [0.717, 1.165) is 0 Å². The van der Waals surface area contributed by atoms with E-state index in [9.17, 15) is 4.79 Å². The van der Waals surface area contributed by atoms with Crippen LogP contribution in [-0.4, -0.2) is 43.8 Å². The van der Waals surface area contributed by atoms with Gasteiger partial charge in [0.25, 0.3) is 0 Å². The molecule has 0 saturated heterocycles. The molecule has 3 heteroatoms. The van der Waals surface area contributed by atoms with Crippen LogP contribution >= 0.6 is 0 Å². The van der Waals surface area contributed by atoms with Crippen LogP contribution in [0.4, 0.5) is 0 Å². The molecule has 0 unspecified atom stereocenters. The van der Waals surface area contributed by atoms with Gasteiger partial charge in [-0.05, 0) is 0 Å². The molecule has 0 bridgehead atoms. The zero-order valence-corrected chi connectivity index (χ0v) is 8.11. The van der Waals surface area contributed by atoms with Crippen LogP contribution in [0.25, 0.3) is 0 Å². The first-order chi connectivity index (χ1) is 5.52. The fourth-order valence-electron chi connectivity index (χ4n) is 0.501. The van der Waals surface area contributed by atoms with Crippen molar-refractivity contribution in [2.45, 2.75) is 0 Å². The third-order valence-electron chi connectivity index (χ3n) is 1.07. The fraction of sp³-hybridized carbons (Fsp3) is 0.444. The zero-order valence-electron chi connectivity index (χ0n) is 8.11. The maximum atomic E-state index is 11.0. The van der Waals surface area contributed by atoms with Crippen molar-refractivity contribution in [1.82, 2.24) is 9.80 Å². The summed E-state index contributed by atoms with van der Waals surface area (Å²) in [6.07, 6.45) is 6.50. The second-order valence-corrected chi connectivity index (χ2v) is 2.96. The largest absolute Gasteiger partial charge is 0.383 e. The van der Waals surface area contributed by atoms with Crippen LogP contribution in [0.2, 0.25) is 0 Å². The van der Waals surface area contributed by atoms with Gasteiger partial charge in [0.15, 0.2) is 5.78 Å². The van der Waals surface area contributed by atoms with Gasteiger partial charge in [-0.2, -0.15) is 0 Å². The summed E-state index contributed by atoms with van der Waals surface area (Å²) in [6.45, 7) is 0. The summed E-state index contributed by atoms with van der Waals surface area (Å²) in [5, 5.41) is 0. The minimum atomic E-state index is -0.00241. The SMILES string of the molecule is CN(C)C=CC(=O)C=CN(C)C. The molecular weight excluding hydrogens is 152 g/mol. The summed E-state index contributed by atoms with van der Waals surface area (Å²) in [5.74, 6) is -0.00241. The second kappa shape index (κ2) is 5.41. The lowest BCUT2D eigenvalue weighted by atomic mass is 10.3. The lowest BCUT2D eigenvalue weighted by Crippen LogP contribution is -2.03. The summed E-state index contributed by atoms with van der Waals surface area (Å²) in [7, 11) is 7.50. The quantitative estimate of drug-likeness (QED) is 0.577. The molecular formula is C9H16N2O. The molecule has 0 atom stereocenters. The van der Waals surface area contributed by atoms with Gasteiger partial charge in [0.2, 0.25) is 0 Å². The Labute approximate surface area is 74.0 Å². The van der Waals surface area contributed by atoms with Crippen molar-refractivity contribution >= 4 is 5.78 Å². The third kappa shape index (κ3) is 6.86. The first kappa shape index (κ1) is 10.8. The molecule has 0 aliphatic rings. The topological polar surface area (TPSA) is 23.6 Å². The summed E-state index contributed by atoms with van der Waals surface area (Å²) in [4.78, 5) is 14.7. The molecule has 0 aromatic carbocycles. The van der Waals surface area contributed by atoms with Crippen molar-refractivity contribution in [2.24, 2.45) is 0 Å². The van der Waals surface area contributed by atoms with E-state index in [-0.39, 0.29) is 5.78 Å². The summed E-state index contributed by atoms with van der Waals surface area (Å²) >= 11 is 0. The third-order valence-corrected chi connectivity index (χ3v) is 1.07. The predicted molar refractivity (Wildman–Crippen MR) is 50.7 cm³/mol. The summed E-state index contributed by atoms with van der Waals surface area (Å²) in [5.41, 5.74) is 0. The molecule has 0 aliphatic heterocycles. The Morgan fingerprint density at radius 2 is 1.25 bits per heavy atom. The molecule has 3 nitrogen and oxygen atoms in total. The van der Waals surface area contributed by atoms with E-state index in [1.54, 1.807) is 12.4 Å². The number of allylic oxidation sites excluding steroid dienone is 2. The maximum absolute atomic E-state index is 11.0. The van der Waals surface area contributed by atoms with Crippen LogP contribution in [0.1, 0.15) is 0 Å². The molecule has 0 rings (SSSR count). The lowest BCUT2D eigenvalue weighted by molar-refractivity contribution is -0.110. The number of hydrogen-bond acceptors (Lipinski definition) is 3. The second-order valence-electron chi connectivity index (χ2n) is 2.96. The molecule has 0 heterocycles. The van der Waals surface area contributed by atoms with Gasteiger partial charge in [-0.25, -0.2) is 0 Å². The maximum Gasteiger partial charge on any atom is 0.181 e. The molecule has 0 saturated carbocycles. The van der Waals surface area contributed by atoms with Crippen molar-refractivity contribution in [3.8, 4) is 0 Å². The van der Waals surface area contributed by atoms with Crippen molar-refractivity contribution in [3.63, 3.8) is 0 Å². The monoisotopic (exact) mass is 168 g/mol. The molecule has 0 N–H and O–H groups in total. The van der Waals surface area contributed by atoms with E-state index in [4.69, 9.17) is 0 Å². The highest BCUT2D eigenvalue weighted by molar-refractivity contribution is 5.98. The average molecular weight is 168 g/mol. The standard InChI is InChI=1S/C9H16N2O/c1-10(2)7-5-9(12)6-8-11(3)4/h5-8H,1-4H3. The Kier molecular flexibility index (Phi) is 4.84. The molecule has 0 aromatic rings. The van der Waals surface area contributed by atoms with Crippen LogP contribution in [0.15, 0.2) is 24.6 Å². The van der Waals surface area contributed by atoms with E-state index in [0.29, 0.717) is 0 Å². The Morgan fingerprint density at radius 1 is 0.917 bits per heavy atom. The Morgan fingerprint density at radius 3 is 1.50 bits per heavy atom. The highest BCUT2D eigenvalue weighted by Crippen LogP contribution is 1.84. The van der Waals surface area contributed by atoms with Gasteiger partial charge in [-0.3, -0.25) is 4.79 Å². The van der Waals surface area contributed by atoms with Gasteiger partial charge in [0.1, 0.15) is 0 Å². The lowest BCUT2D eigenvalue weighted by Gasteiger charge is -2.02. The molecule has 12 heavy (non-hydrogen) atoms. The van der Waals surface area contributed by atoms with Crippen LogP contribution in [0.5, 0.6) is 0 Å². The van der Waals surface area contributed by atoms with E-state index >= 15 is 0 Å². The number of nitrogens with zero attached hydrogens (tertiary/aromatic N) is 2. The number of rotatable bonds is 4. The van der Waals surface area contributed by atoms with Gasteiger partial charge < -0.3 is 9.80 Å². The molecule has 0 radical (unpaired) electrons. The highest BCUT2D eigenvalue weighted by atomic mass is 16.1. The number of carbonyl (C=O) groups is 1. The van der Waals surface area contributed by atoms with Crippen LogP contribution < -0.4 is 0 Å². The van der Waals surface area contributed by atoms with Gasteiger partial charge in [-0.15, -0.1) is 0 Å². The predicted octanol–water partition coefficient (Wildman–Crippen LogP) is 0.706. The molecule has 0 aliphatic carbocycles. The molecule has 68 valence electrons. The average Bonchev–Trinajstić information content (AvgIpc) is 1.96. The van der Waals surface area contributed by atoms with Crippen molar-refractivity contribution in [1.29, 1.82) is 0 Å². The van der Waals surface area contributed by atoms with E-state index in [1.807, 2.05) is 38.0 Å². The van der Waals surface area contributed by atoms with Crippen molar-refractivity contribution < 1.29 is 4.79 Å². The van der Waals surface area contributed by atoms with Crippen molar-refractivity contribution in [3.05, 3.63) is 24.6 Å². The zero-order chi connectivity index (χ0) is 9.56. The fourth-order valence-corrected chi connectivity index (χ4v) is 0.501. The molecule has 0 spiro atoms.